The van der Waals surface area contributed by atoms with Gasteiger partial charge >= 0.3 is 6.03 Å². The fourth-order valence-corrected chi connectivity index (χ4v) is 3.09. The Morgan fingerprint density at radius 2 is 2.09 bits per heavy atom. The highest BCUT2D eigenvalue weighted by Gasteiger charge is 2.30. The molecule has 1 aliphatic heterocycles. The van der Waals surface area contributed by atoms with E-state index < -0.39 is 0 Å². The van der Waals surface area contributed by atoms with Crippen LogP contribution in [0.4, 0.5) is 10.6 Å². The topological polar surface area (TPSA) is 59.4 Å². The summed E-state index contributed by atoms with van der Waals surface area (Å²) >= 11 is 0. The van der Waals surface area contributed by atoms with E-state index in [9.17, 15) is 4.79 Å². The molecule has 0 spiro atoms. The first-order valence-corrected chi connectivity index (χ1v) is 7.80. The van der Waals surface area contributed by atoms with Gasteiger partial charge in [-0.05, 0) is 37.5 Å². The Bertz CT molecular complexity index is 693. The number of anilines is 1. The van der Waals surface area contributed by atoms with E-state index in [0.29, 0.717) is 5.82 Å². The van der Waals surface area contributed by atoms with E-state index in [1.54, 1.807) is 11.8 Å². The van der Waals surface area contributed by atoms with Crippen molar-refractivity contribution < 1.29 is 9.53 Å². The molecule has 1 fully saturated rings. The van der Waals surface area contributed by atoms with E-state index in [0.717, 1.165) is 36.4 Å². The molecule has 0 aliphatic carbocycles. The third kappa shape index (κ3) is 3.16. The van der Waals surface area contributed by atoms with Crippen LogP contribution in [0.3, 0.4) is 0 Å². The molecule has 0 radical (unpaired) electrons. The number of aryl methyl sites for hydroxylation is 2. The van der Waals surface area contributed by atoms with E-state index in [1.807, 2.05) is 49.2 Å². The maximum atomic E-state index is 12.6. The minimum atomic E-state index is -0.0775. The Morgan fingerprint density at radius 3 is 2.70 bits per heavy atom. The molecule has 1 saturated heterocycles. The van der Waals surface area contributed by atoms with Gasteiger partial charge in [-0.25, -0.2) is 4.79 Å². The smallest absolute Gasteiger partial charge is 0.323 e. The van der Waals surface area contributed by atoms with Gasteiger partial charge in [-0.3, -0.25) is 10.00 Å². The van der Waals surface area contributed by atoms with E-state index in [-0.39, 0.29) is 12.1 Å². The van der Waals surface area contributed by atoms with Gasteiger partial charge in [0.05, 0.1) is 18.8 Å². The average molecular weight is 314 g/mol. The number of ether oxygens (including phenoxy) is 1. The van der Waals surface area contributed by atoms with Crippen LogP contribution in [0.2, 0.25) is 0 Å². The van der Waals surface area contributed by atoms with Crippen molar-refractivity contribution in [2.24, 2.45) is 7.05 Å². The molecule has 2 heterocycles. The molecule has 1 aliphatic rings. The van der Waals surface area contributed by atoms with Crippen molar-refractivity contribution in [2.75, 3.05) is 19.0 Å². The van der Waals surface area contributed by atoms with Crippen molar-refractivity contribution >= 4 is 11.8 Å². The number of carbonyl (C=O) groups is 1. The summed E-state index contributed by atoms with van der Waals surface area (Å²) in [5.41, 5.74) is 2.02. The molecular formula is C17H22N4O2. The lowest BCUT2D eigenvalue weighted by molar-refractivity contribution is 0.207. The number of benzene rings is 1. The summed E-state index contributed by atoms with van der Waals surface area (Å²) in [5, 5.41) is 7.21. The Labute approximate surface area is 136 Å². The van der Waals surface area contributed by atoms with Crippen molar-refractivity contribution in [3.63, 3.8) is 0 Å². The number of likely N-dealkylation sites (tertiary alicyclic amines) is 1. The van der Waals surface area contributed by atoms with Crippen LogP contribution in [0.1, 0.15) is 30.1 Å². The number of rotatable bonds is 3. The number of amides is 2. The van der Waals surface area contributed by atoms with Gasteiger partial charge in [0.2, 0.25) is 0 Å². The number of nitrogens with zero attached hydrogens (tertiary/aromatic N) is 3. The molecule has 6 heteroatoms. The van der Waals surface area contributed by atoms with Gasteiger partial charge < -0.3 is 9.64 Å². The summed E-state index contributed by atoms with van der Waals surface area (Å²) in [4.78, 5) is 14.5. The van der Waals surface area contributed by atoms with Crippen LogP contribution in [0.25, 0.3) is 0 Å². The summed E-state index contributed by atoms with van der Waals surface area (Å²) in [6, 6.07) is 9.84. The van der Waals surface area contributed by atoms with Crippen molar-refractivity contribution in [2.45, 2.75) is 25.8 Å². The molecule has 6 nitrogen and oxygen atoms in total. The van der Waals surface area contributed by atoms with Crippen molar-refractivity contribution in [3.05, 3.63) is 41.6 Å². The number of hydrogen-bond acceptors (Lipinski definition) is 3. The normalized spacial score (nSPS) is 17.3. The minimum Gasteiger partial charge on any atom is -0.497 e. The number of methoxy groups -OCH3 is 1. The summed E-state index contributed by atoms with van der Waals surface area (Å²) in [5.74, 6) is 1.54. The van der Waals surface area contributed by atoms with Crippen LogP contribution in [0.15, 0.2) is 30.3 Å². The predicted octanol–water partition coefficient (Wildman–Crippen LogP) is 3.11. The molecule has 0 bridgehead atoms. The second kappa shape index (κ2) is 6.32. The Balaban J connectivity index is 1.75. The first-order valence-electron chi connectivity index (χ1n) is 7.80. The molecule has 2 amide bonds. The van der Waals surface area contributed by atoms with Gasteiger partial charge in [0.15, 0.2) is 0 Å². The second-order valence-electron chi connectivity index (χ2n) is 5.85. The Morgan fingerprint density at radius 1 is 1.35 bits per heavy atom. The third-order valence-electron chi connectivity index (χ3n) is 4.25. The van der Waals surface area contributed by atoms with E-state index >= 15 is 0 Å². The van der Waals surface area contributed by atoms with Crippen LogP contribution in [0.5, 0.6) is 5.75 Å². The molecule has 122 valence electrons. The van der Waals surface area contributed by atoms with Crippen LogP contribution < -0.4 is 10.1 Å². The third-order valence-corrected chi connectivity index (χ3v) is 4.25. The van der Waals surface area contributed by atoms with Crippen LogP contribution in [0, 0.1) is 6.92 Å². The Hall–Kier alpha value is -2.50. The summed E-state index contributed by atoms with van der Waals surface area (Å²) in [6.07, 6.45) is 1.98. The zero-order valence-corrected chi connectivity index (χ0v) is 13.7. The molecule has 2 aromatic rings. The molecule has 3 rings (SSSR count). The fraction of sp³-hybridized carbons (Fsp3) is 0.412. The lowest BCUT2D eigenvalue weighted by Crippen LogP contribution is -2.35. The average Bonchev–Trinajstić information content (AvgIpc) is 3.14. The molecule has 1 aromatic heterocycles. The molecular weight excluding hydrogens is 292 g/mol. The predicted molar refractivity (Wildman–Crippen MR) is 88.6 cm³/mol. The highest BCUT2D eigenvalue weighted by atomic mass is 16.5. The number of nitrogens with one attached hydrogen (secondary N) is 1. The summed E-state index contributed by atoms with van der Waals surface area (Å²) in [6.45, 7) is 2.67. The fourth-order valence-electron chi connectivity index (χ4n) is 3.09. The molecule has 23 heavy (non-hydrogen) atoms. The number of aromatic nitrogens is 2. The minimum absolute atomic E-state index is 0.0775. The van der Waals surface area contributed by atoms with Gasteiger partial charge in [-0.15, -0.1) is 0 Å². The molecule has 1 unspecified atom stereocenters. The van der Waals surface area contributed by atoms with Crippen molar-refractivity contribution in [1.29, 1.82) is 0 Å². The van der Waals surface area contributed by atoms with Crippen molar-refractivity contribution in [3.8, 4) is 5.75 Å². The largest absolute Gasteiger partial charge is 0.497 e. The monoisotopic (exact) mass is 314 g/mol. The zero-order valence-electron chi connectivity index (χ0n) is 13.7. The lowest BCUT2D eigenvalue weighted by Gasteiger charge is -2.25. The first kappa shape index (κ1) is 15.4. The SMILES string of the molecule is COc1ccc(C2CCCN2C(=O)Nc2cc(C)nn2C)cc1. The van der Waals surface area contributed by atoms with Crippen LogP contribution >= 0.6 is 0 Å². The standard InChI is InChI=1S/C17H22N4O2/c1-12-11-16(20(2)19-12)18-17(22)21-10-4-5-15(21)13-6-8-14(23-3)9-7-13/h6-9,11,15H,4-5,10H2,1-3H3,(H,18,22). The lowest BCUT2D eigenvalue weighted by atomic mass is 10.0. The number of hydrogen-bond donors (Lipinski definition) is 1. The molecule has 0 saturated carbocycles. The zero-order chi connectivity index (χ0) is 16.4. The number of urea groups is 1. The van der Waals surface area contributed by atoms with E-state index in [1.165, 1.54) is 0 Å². The quantitative estimate of drug-likeness (QED) is 0.947. The summed E-state index contributed by atoms with van der Waals surface area (Å²) in [7, 11) is 3.48. The highest BCUT2D eigenvalue weighted by Crippen LogP contribution is 2.33. The van der Waals surface area contributed by atoms with Gasteiger partial charge in [0.1, 0.15) is 11.6 Å². The van der Waals surface area contributed by atoms with E-state index in [2.05, 4.69) is 10.4 Å². The molecule has 1 aromatic carbocycles. The van der Waals surface area contributed by atoms with Crippen LogP contribution in [-0.4, -0.2) is 34.4 Å². The number of carbonyl (C=O) groups excluding carboxylic acids is 1. The first-order chi connectivity index (χ1) is 11.1. The van der Waals surface area contributed by atoms with Gasteiger partial charge in [0, 0.05) is 19.7 Å². The van der Waals surface area contributed by atoms with Gasteiger partial charge in [-0.2, -0.15) is 5.10 Å². The molecule has 1 atom stereocenters. The van der Waals surface area contributed by atoms with Gasteiger partial charge in [-0.1, -0.05) is 12.1 Å². The molecule has 1 N–H and O–H groups in total. The van der Waals surface area contributed by atoms with Gasteiger partial charge in [0.25, 0.3) is 0 Å². The maximum absolute atomic E-state index is 12.6. The second-order valence-corrected chi connectivity index (χ2v) is 5.85. The summed E-state index contributed by atoms with van der Waals surface area (Å²) < 4.78 is 6.88. The van der Waals surface area contributed by atoms with Crippen molar-refractivity contribution in [1.82, 2.24) is 14.7 Å². The Kier molecular flexibility index (Phi) is 4.23. The van der Waals surface area contributed by atoms with E-state index in [4.69, 9.17) is 4.74 Å². The van der Waals surface area contributed by atoms with Crippen LogP contribution in [-0.2, 0) is 7.05 Å². The maximum Gasteiger partial charge on any atom is 0.323 e. The highest BCUT2D eigenvalue weighted by molar-refractivity contribution is 5.89.